The highest BCUT2D eigenvalue weighted by atomic mass is 16.5. The van der Waals surface area contributed by atoms with Gasteiger partial charge in [0.25, 0.3) is 6.02 Å². The second-order valence-corrected chi connectivity index (χ2v) is 3.02. The minimum atomic E-state index is 0.0289. The summed E-state index contributed by atoms with van der Waals surface area (Å²) in [5, 5.41) is 0. The van der Waals surface area contributed by atoms with Crippen LogP contribution >= 0.6 is 0 Å². The molecule has 1 unspecified atom stereocenters. The van der Waals surface area contributed by atoms with Crippen molar-refractivity contribution >= 4 is 6.02 Å². The summed E-state index contributed by atoms with van der Waals surface area (Å²) in [5.41, 5.74) is 12.2. The van der Waals surface area contributed by atoms with Crippen molar-refractivity contribution in [3.05, 3.63) is 29.8 Å². The molecule has 4 heteroatoms. The maximum absolute atomic E-state index is 5.70. The Kier molecular flexibility index (Phi) is 3.48. The van der Waals surface area contributed by atoms with E-state index in [1.807, 2.05) is 31.2 Å². The van der Waals surface area contributed by atoms with Gasteiger partial charge in [-0.25, -0.2) is 4.99 Å². The Labute approximate surface area is 83.6 Å². The molecule has 0 amide bonds. The van der Waals surface area contributed by atoms with Crippen LogP contribution in [0.15, 0.2) is 29.3 Å². The molecule has 14 heavy (non-hydrogen) atoms. The minimum Gasteiger partial charge on any atom is -0.426 e. The van der Waals surface area contributed by atoms with Gasteiger partial charge in [-0.05, 0) is 24.6 Å². The molecular weight excluding hydrogens is 178 g/mol. The van der Waals surface area contributed by atoms with Gasteiger partial charge in [0.05, 0.1) is 0 Å². The number of benzene rings is 1. The van der Waals surface area contributed by atoms with Gasteiger partial charge < -0.3 is 16.2 Å². The van der Waals surface area contributed by atoms with Gasteiger partial charge in [0.15, 0.2) is 0 Å². The second-order valence-electron chi connectivity index (χ2n) is 3.02. The SMILES string of the molecule is CN=C(N)Oc1ccc(C(C)N)cc1. The van der Waals surface area contributed by atoms with Gasteiger partial charge in [-0.1, -0.05) is 12.1 Å². The van der Waals surface area contributed by atoms with E-state index in [1.165, 1.54) is 0 Å². The summed E-state index contributed by atoms with van der Waals surface area (Å²) in [4.78, 5) is 3.69. The molecule has 4 nitrogen and oxygen atoms in total. The lowest BCUT2D eigenvalue weighted by molar-refractivity contribution is 0.540. The number of aliphatic imine (C=N–C) groups is 1. The number of nitrogens with zero attached hydrogens (tertiary/aromatic N) is 1. The average Bonchev–Trinajstić information content (AvgIpc) is 2.18. The molecule has 0 fully saturated rings. The molecule has 1 aromatic carbocycles. The van der Waals surface area contributed by atoms with Crippen LogP contribution in [0, 0.1) is 0 Å². The molecule has 0 aliphatic rings. The van der Waals surface area contributed by atoms with Gasteiger partial charge in [-0.15, -0.1) is 0 Å². The van der Waals surface area contributed by atoms with E-state index < -0.39 is 0 Å². The van der Waals surface area contributed by atoms with Crippen LogP contribution in [0.2, 0.25) is 0 Å². The number of amidine groups is 1. The predicted molar refractivity (Wildman–Crippen MR) is 57.2 cm³/mol. The maximum atomic E-state index is 5.70. The minimum absolute atomic E-state index is 0.0289. The van der Waals surface area contributed by atoms with Gasteiger partial charge in [0, 0.05) is 13.1 Å². The normalized spacial score (nSPS) is 13.8. The van der Waals surface area contributed by atoms with Crippen molar-refractivity contribution in [1.29, 1.82) is 0 Å². The predicted octanol–water partition coefficient (Wildman–Crippen LogP) is 1.03. The van der Waals surface area contributed by atoms with Crippen molar-refractivity contribution in [1.82, 2.24) is 0 Å². The van der Waals surface area contributed by atoms with Crippen molar-refractivity contribution in [3.8, 4) is 5.75 Å². The first kappa shape index (κ1) is 10.5. The first-order chi connectivity index (χ1) is 6.63. The highest BCUT2D eigenvalue weighted by Gasteiger charge is 2.00. The van der Waals surface area contributed by atoms with E-state index in [4.69, 9.17) is 16.2 Å². The van der Waals surface area contributed by atoms with E-state index in [0.29, 0.717) is 5.75 Å². The summed E-state index contributed by atoms with van der Waals surface area (Å²) in [6.07, 6.45) is 0. The van der Waals surface area contributed by atoms with E-state index in [-0.39, 0.29) is 12.1 Å². The summed E-state index contributed by atoms with van der Waals surface area (Å²) in [6, 6.07) is 7.62. The molecule has 0 saturated carbocycles. The molecule has 4 N–H and O–H groups in total. The molecule has 76 valence electrons. The Morgan fingerprint density at radius 2 is 1.93 bits per heavy atom. The Morgan fingerprint density at radius 1 is 1.36 bits per heavy atom. The van der Waals surface area contributed by atoms with Crippen LogP contribution in [0.4, 0.5) is 0 Å². The molecule has 1 atom stereocenters. The number of hydrogen-bond acceptors (Lipinski definition) is 3. The Morgan fingerprint density at radius 3 is 2.36 bits per heavy atom. The van der Waals surface area contributed by atoms with E-state index in [0.717, 1.165) is 5.56 Å². The van der Waals surface area contributed by atoms with Crippen LogP contribution in [0.3, 0.4) is 0 Å². The van der Waals surface area contributed by atoms with Crippen molar-refractivity contribution < 1.29 is 4.74 Å². The average molecular weight is 193 g/mol. The number of rotatable bonds is 2. The van der Waals surface area contributed by atoms with Gasteiger partial charge in [0.2, 0.25) is 0 Å². The lowest BCUT2D eigenvalue weighted by Gasteiger charge is -2.07. The fourth-order valence-corrected chi connectivity index (χ4v) is 1.01. The molecule has 0 saturated heterocycles. The smallest absolute Gasteiger partial charge is 0.287 e. The third-order valence-corrected chi connectivity index (χ3v) is 1.85. The standard InChI is InChI=1S/C10H15N3O/c1-7(11)8-3-5-9(6-4-8)14-10(12)13-2/h3-7H,11H2,1-2H3,(H2,12,13). The van der Waals surface area contributed by atoms with Gasteiger partial charge in [0.1, 0.15) is 5.75 Å². The molecular formula is C10H15N3O. The topological polar surface area (TPSA) is 73.6 Å². The van der Waals surface area contributed by atoms with Crippen LogP contribution in [0.1, 0.15) is 18.5 Å². The lowest BCUT2D eigenvalue weighted by Crippen LogP contribution is -2.19. The summed E-state index contributed by atoms with van der Waals surface area (Å²) in [6.45, 7) is 1.93. The molecule has 1 aromatic rings. The van der Waals surface area contributed by atoms with Gasteiger partial charge in [-0.2, -0.15) is 0 Å². The second kappa shape index (κ2) is 4.62. The first-order valence-corrected chi connectivity index (χ1v) is 4.39. The summed E-state index contributed by atoms with van der Waals surface area (Å²) >= 11 is 0. The maximum Gasteiger partial charge on any atom is 0.287 e. The molecule has 0 heterocycles. The Bertz CT molecular complexity index is 317. The first-order valence-electron chi connectivity index (χ1n) is 4.39. The van der Waals surface area contributed by atoms with Crippen molar-refractivity contribution in [2.45, 2.75) is 13.0 Å². The lowest BCUT2D eigenvalue weighted by atomic mass is 10.1. The highest BCUT2D eigenvalue weighted by Crippen LogP contribution is 2.15. The molecule has 0 spiro atoms. The van der Waals surface area contributed by atoms with E-state index >= 15 is 0 Å². The van der Waals surface area contributed by atoms with Crippen molar-refractivity contribution in [3.63, 3.8) is 0 Å². The van der Waals surface area contributed by atoms with Crippen LogP contribution in [-0.2, 0) is 0 Å². The van der Waals surface area contributed by atoms with E-state index in [1.54, 1.807) is 7.05 Å². The van der Waals surface area contributed by atoms with Crippen LogP contribution in [0.25, 0.3) is 0 Å². The van der Waals surface area contributed by atoms with Gasteiger partial charge in [-0.3, -0.25) is 0 Å². The molecule has 0 radical (unpaired) electrons. The number of ether oxygens (including phenoxy) is 1. The summed E-state index contributed by atoms with van der Waals surface area (Å²) in [7, 11) is 1.58. The molecule has 0 aromatic heterocycles. The third-order valence-electron chi connectivity index (χ3n) is 1.85. The number of nitrogens with two attached hydrogens (primary N) is 2. The van der Waals surface area contributed by atoms with Crippen LogP contribution < -0.4 is 16.2 Å². The largest absolute Gasteiger partial charge is 0.426 e. The van der Waals surface area contributed by atoms with Crippen molar-refractivity contribution in [2.75, 3.05) is 7.05 Å². The van der Waals surface area contributed by atoms with Gasteiger partial charge >= 0.3 is 0 Å². The fraction of sp³-hybridized carbons (Fsp3) is 0.300. The quantitative estimate of drug-likeness (QED) is 0.544. The Balaban J connectivity index is 2.74. The number of hydrogen-bond donors (Lipinski definition) is 2. The van der Waals surface area contributed by atoms with Crippen LogP contribution in [0.5, 0.6) is 5.75 Å². The fourth-order valence-electron chi connectivity index (χ4n) is 1.01. The van der Waals surface area contributed by atoms with E-state index in [2.05, 4.69) is 4.99 Å². The zero-order chi connectivity index (χ0) is 10.6. The third kappa shape index (κ3) is 2.74. The summed E-state index contributed by atoms with van der Waals surface area (Å²) < 4.78 is 5.19. The molecule has 0 bridgehead atoms. The molecule has 0 aliphatic carbocycles. The van der Waals surface area contributed by atoms with E-state index in [9.17, 15) is 0 Å². The monoisotopic (exact) mass is 193 g/mol. The summed E-state index contributed by atoms with van der Waals surface area (Å²) in [5.74, 6) is 0.664. The zero-order valence-electron chi connectivity index (χ0n) is 8.40. The molecule has 0 aliphatic heterocycles. The van der Waals surface area contributed by atoms with Crippen molar-refractivity contribution in [2.24, 2.45) is 16.5 Å². The highest BCUT2D eigenvalue weighted by molar-refractivity contribution is 5.73. The Hall–Kier alpha value is -1.55. The van der Waals surface area contributed by atoms with Crippen LogP contribution in [-0.4, -0.2) is 13.1 Å². The zero-order valence-corrected chi connectivity index (χ0v) is 8.40. The molecule has 1 rings (SSSR count).